The molecule has 2 aliphatic heterocycles. The van der Waals surface area contributed by atoms with Crippen LogP contribution in [0.15, 0.2) is 244 Å². The normalized spacial score (nSPS) is 12.3. The standard InChI is InChI=1S/C29H32N4O4.C24H24N4O2.C20H24BrN3O4.C14H22N2O3.C9H12BNO2.C6H4BrNO2/c1-18-24-14-19(9-10-22(24)16-31-18)20-11-12-30-25(15-20)27(34)33-26(17-32-28(35)37-29(2,3)4)21-7-6-8-23(13-21)36-5;1-15-21-11-16(6-7-19(21)14-27-15)17-8-9-26-22(12-17)24(29)28-23(13-25)18-4-3-5-20(10-18)30-2;1-20(2,3)28-19(26)23-12-17(13-6-5-7-15(10-13)27-4)24-18(25)16-11-14(21)8-9-22-16;1-14(2,3)19-13(17)16-9-12(15)10-6-5-7-11(8-10)18-4;1-6-3-4-8(10(12)13)5-9(6)7(2)11;7-4-1-2-8-5(3-4)6(9)10/h6-15,26H,16-17H2,1-5H3,(H,32,35)(H,33,34);3-12,23H,13-14,25H2,1-2H3,(H,28,29);5-11,17H,12H2,1-4H3,(H,23,26)(H,24,25);5-8,12H,9,15H2,1-4H3,(H,16,17);3-5,11-13H,1-2H3;1-3H,(H,9,10). The van der Waals surface area contributed by atoms with Crippen molar-refractivity contribution >= 4 is 104 Å². The van der Waals surface area contributed by atoms with Crippen LogP contribution in [0.1, 0.15) is 205 Å². The van der Waals surface area contributed by atoms with Gasteiger partial charge in [-0.15, -0.1) is 0 Å². The summed E-state index contributed by atoms with van der Waals surface area (Å²) in [4.78, 5) is 110. The predicted octanol–water partition coefficient (Wildman–Crippen LogP) is 16.3. The van der Waals surface area contributed by atoms with Crippen LogP contribution in [0.5, 0.6) is 23.0 Å². The molecule has 7 aromatic carbocycles. The molecular formula is C102H118BBr2N15O17. The number of methoxy groups -OCH3 is 4. The van der Waals surface area contributed by atoms with Crippen molar-refractivity contribution in [1.82, 2.24) is 51.8 Å². The number of carbonyl (C=O) groups excluding carboxylic acids is 6. The average molecular weight is 2000 g/mol. The number of benzene rings is 7. The molecule has 4 unspecified atom stereocenters. The molecule has 32 nitrogen and oxygen atoms in total. The first-order valence-corrected chi connectivity index (χ1v) is 45.1. The Morgan fingerprint density at radius 2 is 0.781 bits per heavy atom. The van der Waals surface area contributed by atoms with Gasteiger partial charge in [0.1, 0.15) is 62.6 Å². The van der Waals surface area contributed by atoms with Gasteiger partial charge in [0, 0.05) is 94.2 Å². The summed E-state index contributed by atoms with van der Waals surface area (Å²) in [6, 6.07) is 59.3. The lowest BCUT2D eigenvalue weighted by Gasteiger charge is -2.23. The smallest absolute Gasteiger partial charge is 0.488 e. The van der Waals surface area contributed by atoms with Crippen LogP contribution in [0.25, 0.3) is 22.3 Å². The topological polar surface area (TPSA) is 469 Å². The summed E-state index contributed by atoms with van der Waals surface area (Å²) in [5.41, 5.74) is 27.6. The van der Waals surface area contributed by atoms with E-state index in [1.54, 1.807) is 156 Å². The summed E-state index contributed by atoms with van der Waals surface area (Å²) in [5, 5.41) is 50.7. The highest BCUT2D eigenvalue weighted by Gasteiger charge is 2.27. The van der Waals surface area contributed by atoms with Gasteiger partial charge in [-0.05, 0) is 271 Å². The maximum Gasteiger partial charge on any atom is 0.488 e. The van der Waals surface area contributed by atoms with E-state index in [0.29, 0.717) is 41.5 Å². The van der Waals surface area contributed by atoms with Gasteiger partial charge in [0.05, 0.1) is 59.7 Å². The first-order chi connectivity index (χ1) is 64.9. The maximum atomic E-state index is 13.3. The van der Waals surface area contributed by atoms with Crippen LogP contribution in [0.2, 0.25) is 0 Å². The second-order valence-electron chi connectivity index (χ2n) is 34.2. The van der Waals surface area contributed by atoms with Gasteiger partial charge >= 0.3 is 31.4 Å². The van der Waals surface area contributed by atoms with Crippen molar-refractivity contribution in [2.24, 2.45) is 21.5 Å². The van der Waals surface area contributed by atoms with Crippen molar-refractivity contribution in [2.75, 3.05) is 54.6 Å². The molecule has 4 aromatic heterocycles. The number of ether oxygens (including phenoxy) is 7. The minimum Gasteiger partial charge on any atom is -0.497 e. The number of nitrogens with zero attached hydrogens (tertiary/aromatic N) is 6. The predicted molar refractivity (Wildman–Crippen MR) is 537 cm³/mol. The van der Waals surface area contributed by atoms with Gasteiger partial charge in [-0.25, -0.2) is 24.2 Å². The Bertz CT molecular complexity index is 6100. The SMILES string of the molecule is CC(=N)c1cc(B(O)O)ccc1C.COc1cccc(C(CN)NC(=O)c2cc(-c3ccc4c(c3)C(C)=NC4)ccn2)c1.COc1cccc(C(CNC(=O)OC(C)(C)C)NC(=O)c2cc(-c3ccc4c(c3)C(C)=NC4)ccn2)c1.COc1cccc(C(CNC(=O)OC(C)(C)C)NC(=O)c2cc(Br)ccn2)c1.COc1cccc(C(N)CNC(=O)OC(C)(C)C)c1.O=C(O)c1cc(Br)ccn1. The lowest BCUT2D eigenvalue weighted by molar-refractivity contribution is 0.0510. The third-order valence-electron chi connectivity index (χ3n) is 20.2. The minimum atomic E-state index is -1.46. The highest BCUT2D eigenvalue weighted by atomic mass is 79.9. The number of hydrogen-bond acceptors (Lipinski definition) is 25. The van der Waals surface area contributed by atoms with E-state index in [1.165, 1.54) is 23.4 Å². The largest absolute Gasteiger partial charge is 0.497 e. The molecular weight excluding hydrogens is 1880 g/mol. The number of rotatable bonds is 26. The number of aryl methyl sites for hydroxylation is 1. The Morgan fingerprint density at radius 3 is 1.14 bits per heavy atom. The highest BCUT2D eigenvalue weighted by Crippen LogP contribution is 2.31. The van der Waals surface area contributed by atoms with Crippen molar-refractivity contribution in [2.45, 2.75) is 144 Å². The number of hydrogen-bond donors (Lipinski definition) is 12. The molecule has 4 atom stereocenters. The maximum absolute atomic E-state index is 13.3. The molecule has 0 bridgehead atoms. The average Bonchev–Trinajstić information content (AvgIpc) is 1.42. The monoisotopic (exact) mass is 1990 g/mol. The van der Waals surface area contributed by atoms with E-state index in [4.69, 9.17) is 65.2 Å². The molecule has 137 heavy (non-hydrogen) atoms. The van der Waals surface area contributed by atoms with Crippen LogP contribution in [-0.2, 0) is 27.3 Å². The molecule has 0 saturated heterocycles. The number of aromatic carboxylic acids is 1. The van der Waals surface area contributed by atoms with E-state index >= 15 is 0 Å². The zero-order chi connectivity index (χ0) is 100. The number of amides is 6. The van der Waals surface area contributed by atoms with Crippen molar-refractivity contribution in [3.05, 3.63) is 312 Å². The lowest BCUT2D eigenvalue weighted by atomic mass is 9.78. The quantitative estimate of drug-likeness (QED) is 0.0136. The van der Waals surface area contributed by atoms with Gasteiger partial charge in [0.25, 0.3) is 17.7 Å². The summed E-state index contributed by atoms with van der Waals surface area (Å²) >= 11 is 6.46. The van der Waals surface area contributed by atoms with Crippen molar-refractivity contribution < 1.29 is 81.9 Å². The number of nitrogens with one attached hydrogen (secondary N) is 7. The van der Waals surface area contributed by atoms with Gasteiger partial charge in [-0.3, -0.25) is 39.3 Å². The van der Waals surface area contributed by atoms with E-state index in [1.807, 2.05) is 145 Å². The summed E-state index contributed by atoms with van der Waals surface area (Å²) in [5.74, 6) is 0.746. The van der Waals surface area contributed by atoms with Crippen molar-refractivity contribution in [3.8, 4) is 45.3 Å². The molecule has 0 radical (unpaired) electrons. The fourth-order valence-corrected chi connectivity index (χ4v) is 14.0. The van der Waals surface area contributed by atoms with E-state index in [-0.39, 0.29) is 66.5 Å². The van der Waals surface area contributed by atoms with E-state index in [9.17, 15) is 33.6 Å². The Kier molecular flexibility index (Phi) is 40.7. The molecule has 11 aromatic rings. The summed E-state index contributed by atoms with van der Waals surface area (Å²) in [6.45, 7) is 26.0. The van der Waals surface area contributed by atoms with E-state index in [2.05, 4.69) is 124 Å². The molecule has 6 heterocycles. The fourth-order valence-electron chi connectivity index (χ4n) is 13.3. The lowest BCUT2D eigenvalue weighted by Crippen LogP contribution is -2.40. The number of pyridine rings is 4. The van der Waals surface area contributed by atoms with Crippen LogP contribution < -0.4 is 67.8 Å². The highest BCUT2D eigenvalue weighted by molar-refractivity contribution is 9.10. The molecule has 0 fully saturated rings. The Balaban J connectivity index is 0.000000211. The third-order valence-corrected chi connectivity index (χ3v) is 21.2. The number of halogens is 2. The van der Waals surface area contributed by atoms with Crippen LogP contribution >= 0.6 is 31.9 Å². The van der Waals surface area contributed by atoms with Gasteiger partial charge in [-0.1, -0.05) is 123 Å². The van der Waals surface area contributed by atoms with Gasteiger partial charge in [0.15, 0.2) is 0 Å². The van der Waals surface area contributed by atoms with Gasteiger partial charge in [0.2, 0.25) is 0 Å². The molecule has 0 spiro atoms. The number of carbonyl (C=O) groups is 7. The van der Waals surface area contributed by atoms with Crippen LogP contribution in [0.3, 0.4) is 0 Å². The van der Waals surface area contributed by atoms with E-state index in [0.717, 1.165) is 105 Å². The number of nitrogens with two attached hydrogens (primary N) is 2. The molecule has 2 aliphatic rings. The van der Waals surface area contributed by atoms with Crippen molar-refractivity contribution in [1.29, 1.82) is 5.41 Å². The second kappa shape index (κ2) is 51.6. The number of carboxylic acid groups (broad SMARTS) is 1. The number of fused-ring (bicyclic) bond motifs is 2. The Hall–Kier alpha value is -14.1. The van der Waals surface area contributed by atoms with Crippen LogP contribution in [0, 0.1) is 12.3 Å². The fraction of sp³-hybridized carbons (Fsp3) is 0.294. The molecule has 720 valence electrons. The van der Waals surface area contributed by atoms with Gasteiger partial charge < -0.3 is 97.1 Å². The number of alkyl carbamates (subject to hydrolysis) is 3. The number of aromatic nitrogens is 4. The molecule has 6 amide bonds. The van der Waals surface area contributed by atoms with Crippen molar-refractivity contribution in [3.63, 3.8) is 0 Å². The summed E-state index contributed by atoms with van der Waals surface area (Å²) < 4.78 is 38.2. The van der Waals surface area contributed by atoms with E-state index < -0.39 is 60.3 Å². The zero-order valence-corrected chi connectivity index (χ0v) is 82.8. The molecule has 35 heteroatoms. The number of aliphatic imine (C=N–C) groups is 2. The first kappa shape index (κ1) is 108. The second-order valence-corrected chi connectivity index (χ2v) is 36.0. The molecule has 13 rings (SSSR count). The summed E-state index contributed by atoms with van der Waals surface area (Å²) in [6.07, 6.45) is 4.66. The number of carboxylic acids is 1. The van der Waals surface area contributed by atoms with Crippen LogP contribution in [0.4, 0.5) is 14.4 Å². The zero-order valence-electron chi connectivity index (χ0n) is 79.6. The van der Waals surface area contributed by atoms with Gasteiger partial charge in [-0.2, -0.15) is 0 Å². The van der Waals surface area contributed by atoms with Crippen LogP contribution in [-0.4, -0.2) is 173 Å². The first-order valence-electron chi connectivity index (χ1n) is 43.5. The minimum absolute atomic E-state index is 0.0503. The Morgan fingerprint density at radius 1 is 0.438 bits per heavy atom. The Labute approximate surface area is 815 Å². The molecule has 0 aliphatic carbocycles. The third kappa shape index (κ3) is 35.3. The molecule has 14 N–H and O–H groups in total. The molecule has 0 saturated carbocycles. The summed E-state index contributed by atoms with van der Waals surface area (Å²) in [7, 11) is 4.89.